The quantitative estimate of drug-likeness (QED) is 0.217. The van der Waals surface area contributed by atoms with Crippen molar-refractivity contribution in [1.29, 1.82) is 0 Å². The van der Waals surface area contributed by atoms with Crippen LogP contribution in [-0.2, 0) is 0 Å². The Morgan fingerprint density at radius 3 is 2.96 bits per heavy atom. The third kappa shape index (κ3) is 4.78. The first-order chi connectivity index (χ1) is 13.2. The van der Waals surface area contributed by atoms with Gasteiger partial charge >= 0.3 is 0 Å². The van der Waals surface area contributed by atoms with Crippen LogP contribution in [-0.4, -0.2) is 32.2 Å². The molecule has 0 aromatic carbocycles. The van der Waals surface area contributed by atoms with E-state index in [1.165, 1.54) is 22.4 Å². The molecule has 0 bridgehead atoms. The van der Waals surface area contributed by atoms with E-state index in [4.69, 9.17) is 12.2 Å². The van der Waals surface area contributed by atoms with Gasteiger partial charge in [0.25, 0.3) is 5.56 Å². The molecule has 0 unspecified atom stereocenters. The van der Waals surface area contributed by atoms with Crippen LogP contribution in [0.4, 0.5) is 0 Å². The third-order valence-corrected chi connectivity index (χ3v) is 4.53. The molecule has 3 heterocycles. The second-order valence-corrected chi connectivity index (χ2v) is 6.62. The summed E-state index contributed by atoms with van der Waals surface area (Å²) in [5, 5.41) is 8.53. The summed E-state index contributed by atoms with van der Waals surface area (Å²) in [7, 11) is 0. The molecular formula is C18H16N6OS2. The third-order valence-electron chi connectivity index (χ3n) is 3.34. The minimum Gasteiger partial charge on any atom is -0.358 e. The average molecular weight is 397 g/mol. The van der Waals surface area contributed by atoms with E-state index in [0.717, 1.165) is 5.03 Å². The minimum atomic E-state index is -0.227. The summed E-state index contributed by atoms with van der Waals surface area (Å²) < 4.78 is 1.47. The molecule has 0 aliphatic carbocycles. The van der Waals surface area contributed by atoms with Crippen molar-refractivity contribution in [3.63, 3.8) is 0 Å². The molecule has 27 heavy (non-hydrogen) atoms. The van der Waals surface area contributed by atoms with E-state index < -0.39 is 0 Å². The van der Waals surface area contributed by atoms with Gasteiger partial charge in [0, 0.05) is 18.9 Å². The first-order valence-corrected chi connectivity index (χ1v) is 9.19. The van der Waals surface area contributed by atoms with Crippen LogP contribution in [0.15, 0.2) is 81.4 Å². The Hall–Kier alpha value is -3.04. The lowest BCUT2D eigenvalue weighted by Gasteiger charge is -2.08. The number of hydrogen-bond donors (Lipinski definition) is 2. The van der Waals surface area contributed by atoms with Gasteiger partial charge in [-0.1, -0.05) is 18.2 Å². The normalized spacial score (nSPS) is 10.8. The monoisotopic (exact) mass is 396 g/mol. The maximum absolute atomic E-state index is 12.9. The molecule has 0 atom stereocenters. The van der Waals surface area contributed by atoms with Crippen molar-refractivity contribution in [3.05, 3.63) is 77.4 Å². The standard InChI is InChI=1S/C18H16N6OS2/c1-2-9-20-18(26)23-21-12-13-16(27-15-8-3-5-10-19-15)22-14-7-4-6-11-24(14)17(13)25/h2-8,10-12H,1,9H2,(H2,20,23,26)/b21-12+. The minimum absolute atomic E-state index is 0.227. The Kier molecular flexibility index (Phi) is 6.29. The van der Waals surface area contributed by atoms with Gasteiger partial charge in [-0.3, -0.25) is 14.6 Å². The van der Waals surface area contributed by atoms with Gasteiger partial charge in [0.05, 0.1) is 11.8 Å². The summed E-state index contributed by atoms with van der Waals surface area (Å²) >= 11 is 6.38. The molecule has 3 rings (SSSR count). The second-order valence-electron chi connectivity index (χ2n) is 5.20. The van der Waals surface area contributed by atoms with E-state index in [9.17, 15) is 4.79 Å². The van der Waals surface area contributed by atoms with Crippen molar-refractivity contribution in [3.8, 4) is 0 Å². The highest BCUT2D eigenvalue weighted by Gasteiger charge is 2.13. The summed E-state index contributed by atoms with van der Waals surface area (Å²) in [6.07, 6.45) is 6.46. The van der Waals surface area contributed by atoms with Crippen LogP contribution in [0.2, 0.25) is 0 Å². The van der Waals surface area contributed by atoms with Crippen molar-refractivity contribution < 1.29 is 0 Å². The van der Waals surface area contributed by atoms with E-state index in [1.54, 1.807) is 30.6 Å². The van der Waals surface area contributed by atoms with Gasteiger partial charge in [-0.25, -0.2) is 9.97 Å². The fraction of sp³-hybridized carbons (Fsp3) is 0.0556. The number of fused-ring (bicyclic) bond motifs is 1. The molecule has 0 aliphatic heterocycles. The number of rotatable bonds is 6. The Balaban J connectivity index is 1.96. The second kappa shape index (κ2) is 9.06. The molecule has 3 aromatic rings. The van der Waals surface area contributed by atoms with Gasteiger partial charge in [0.1, 0.15) is 15.7 Å². The van der Waals surface area contributed by atoms with Crippen LogP contribution >= 0.6 is 24.0 Å². The van der Waals surface area contributed by atoms with Crippen LogP contribution in [0.25, 0.3) is 5.65 Å². The molecule has 0 amide bonds. The van der Waals surface area contributed by atoms with Gasteiger partial charge in [0.15, 0.2) is 5.11 Å². The zero-order valence-electron chi connectivity index (χ0n) is 14.2. The van der Waals surface area contributed by atoms with Crippen LogP contribution in [0, 0.1) is 0 Å². The van der Waals surface area contributed by atoms with Crippen molar-refractivity contribution in [2.45, 2.75) is 10.1 Å². The molecule has 0 saturated carbocycles. The lowest BCUT2D eigenvalue weighted by Crippen LogP contribution is -2.32. The smallest absolute Gasteiger partial charge is 0.267 e. The van der Waals surface area contributed by atoms with Crippen molar-refractivity contribution in [1.82, 2.24) is 25.1 Å². The highest BCUT2D eigenvalue weighted by atomic mass is 32.2. The number of nitrogens with zero attached hydrogens (tertiary/aromatic N) is 4. The zero-order valence-corrected chi connectivity index (χ0v) is 15.8. The van der Waals surface area contributed by atoms with Crippen LogP contribution in [0.1, 0.15) is 5.56 Å². The largest absolute Gasteiger partial charge is 0.358 e. The molecule has 0 aliphatic rings. The molecule has 136 valence electrons. The Morgan fingerprint density at radius 1 is 1.33 bits per heavy atom. The predicted molar refractivity (Wildman–Crippen MR) is 111 cm³/mol. The van der Waals surface area contributed by atoms with Crippen molar-refractivity contribution in [2.75, 3.05) is 6.54 Å². The summed E-state index contributed by atoms with van der Waals surface area (Å²) in [5.41, 5.74) is 3.34. The van der Waals surface area contributed by atoms with E-state index in [2.05, 4.69) is 32.4 Å². The number of nitrogens with one attached hydrogen (secondary N) is 2. The number of aromatic nitrogens is 3. The number of pyridine rings is 2. The fourth-order valence-electron chi connectivity index (χ4n) is 2.14. The average Bonchev–Trinajstić information content (AvgIpc) is 2.69. The summed E-state index contributed by atoms with van der Waals surface area (Å²) in [6, 6.07) is 10.9. The molecule has 0 fully saturated rings. The number of hydrazone groups is 1. The SMILES string of the molecule is C=CCNC(=S)N/N=C/c1c(Sc2ccccn2)nc2ccccn2c1=O. The molecule has 7 nitrogen and oxygen atoms in total. The highest BCUT2D eigenvalue weighted by molar-refractivity contribution is 7.99. The van der Waals surface area contributed by atoms with E-state index in [0.29, 0.717) is 27.9 Å². The lowest BCUT2D eigenvalue weighted by molar-refractivity contribution is 0.934. The lowest BCUT2D eigenvalue weighted by atomic mass is 10.3. The van der Waals surface area contributed by atoms with E-state index in [1.807, 2.05) is 24.3 Å². The van der Waals surface area contributed by atoms with Gasteiger partial charge in [-0.2, -0.15) is 5.10 Å². The Bertz CT molecular complexity index is 1050. The topological polar surface area (TPSA) is 83.7 Å². The summed E-state index contributed by atoms with van der Waals surface area (Å²) in [5.74, 6) is 0. The summed E-state index contributed by atoms with van der Waals surface area (Å²) in [4.78, 5) is 21.8. The molecular weight excluding hydrogens is 380 g/mol. The van der Waals surface area contributed by atoms with Gasteiger partial charge < -0.3 is 5.32 Å². The van der Waals surface area contributed by atoms with Crippen LogP contribution < -0.4 is 16.3 Å². The molecule has 2 N–H and O–H groups in total. The van der Waals surface area contributed by atoms with Gasteiger partial charge in [0.2, 0.25) is 0 Å². The van der Waals surface area contributed by atoms with Crippen LogP contribution in [0.5, 0.6) is 0 Å². The van der Waals surface area contributed by atoms with Crippen molar-refractivity contribution in [2.24, 2.45) is 5.10 Å². The molecule has 0 radical (unpaired) electrons. The maximum Gasteiger partial charge on any atom is 0.267 e. The predicted octanol–water partition coefficient (Wildman–Crippen LogP) is 2.22. The van der Waals surface area contributed by atoms with Crippen molar-refractivity contribution >= 4 is 41.0 Å². The van der Waals surface area contributed by atoms with Gasteiger partial charge in [-0.15, -0.1) is 6.58 Å². The Labute approximate surface area is 165 Å². The fourth-order valence-corrected chi connectivity index (χ4v) is 3.12. The van der Waals surface area contributed by atoms with Gasteiger partial charge in [-0.05, 0) is 48.2 Å². The first-order valence-electron chi connectivity index (χ1n) is 7.97. The molecule has 0 spiro atoms. The maximum atomic E-state index is 12.9. The molecule has 9 heteroatoms. The van der Waals surface area contributed by atoms with E-state index in [-0.39, 0.29) is 5.56 Å². The van der Waals surface area contributed by atoms with E-state index >= 15 is 0 Å². The molecule has 0 saturated heterocycles. The Morgan fingerprint density at radius 2 is 2.19 bits per heavy atom. The highest BCUT2D eigenvalue weighted by Crippen LogP contribution is 2.25. The first kappa shape index (κ1) is 18.7. The number of thiocarbonyl (C=S) groups is 1. The van der Waals surface area contributed by atoms with Crippen LogP contribution in [0.3, 0.4) is 0 Å². The number of hydrogen-bond acceptors (Lipinski definition) is 6. The zero-order chi connectivity index (χ0) is 19.1. The summed E-state index contributed by atoms with van der Waals surface area (Å²) in [6.45, 7) is 4.12. The molecule has 3 aromatic heterocycles.